The minimum Gasteiger partial charge on any atom is -0.466 e. The highest BCUT2D eigenvalue weighted by atomic mass is 16.6. The van der Waals surface area contributed by atoms with Crippen molar-refractivity contribution >= 4 is 17.8 Å². The topological polar surface area (TPSA) is 96.4 Å². The molecule has 6 atom stereocenters. The average Bonchev–Trinajstić information content (AvgIpc) is 3.44. The molecule has 1 spiro atoms. The van der Waals surface area contributed by atoms with Crippen molar-refractivity contribution in [1.29, 1.82) is 0 Å². The van der Waals surface area contributed by atoms with E-state index in [9.17, 15) is 19.5 Å². The number of aliphatic hydroxyl groups is 1. The van der Waals surface area contributed by atoms with E-state index in [2.05, 4.69) is 6.58 Å². The SMILES string of the molecule is C=CCN(C(=O)C1N([C@H](C)CO)C(=O)[C@@H]2[C@@H](C(=O)OCC)[C@H]3CCC12O3)C1CCCCC1. The molecule has 178 valence electrons. The normalized spacial score (nSPS) is 35.0. The van der Waals surface area contributed by atoms with Gasteiger partial charge in [0.05, 0.1) is 37.2 Å². The van der Waals surface area contributed by atoms with Gasteiger partial charge in [-0.3, -0.25) is 14.4 Å². The fraction of sp³-hybridized carbons (Fsp3) is 0.792. The predicted molar refractivity (Wildman–Crippen MR) is 116 cm³/mol. The number of rotatable bonds is 8. The molecule has 1 saturated carbocycles. The highest BCUT2D eigenvalue weighted by Crippen LogP contribution is 2.59. The molecular formula is C24H36N2O6. The van der Waals surface area contributed by atoms with Crippen LogP contribution < -0.4 is 0 Å². The number of amides is 2. The van der Waals surface area contributed by atoms with Crippen LogP contribution in [-0.2, 0) is 23.9 Å². The molecule has 2 unspecified atom stereocenters. The van der Waals surface area contributed by atoms with Crippen molar-refractivity contribution in [1.82, 2.24) is 9.80 Å². The number of fused-ring (bicyclic) bond motifs is 1. The third kappa shape index (κ3) is 3.46. The molecule has 32 heavy (non-hydrogen) atoms. The van der Waals surface area contributed by atoms with E-state index in [0.717, 1.165) is 25.7 Å². The van der Waals surface area contributed by atoms with E-state index < -0.39 is 41.6 Å². The van der Waals surface area contributed by atoms with Crippen LogP contribution in [0.1, 0.15) is 58.8 Å². The second-order valence-corrected chi connectivity index (χ2v) is 9.66. The number of hydrogen-bond donors (Lipinski definition) is 1. The minimum atomic E-state index is -1.05. The van der Waals surface area contributed by atoms with Gasteiger partial charge in [0.15, 0.2) is 0 Å². The molecule has 0 aromatic heterocycles. The Hall–Kier alpha value is -1.93. The van der Waals surface area contributed by atoms with Crippen molar-refractivity contribution in [2.45, 2.75) is 88.6 Å². The molecule has 3 heterocycles. The van der Waals surface area contributed by atoms with Gasteiger partial charge in [0.2, 0.25) is 11.8 Å². The number of likely N-dealkylation sites (tertiary alicyclic amines) is 1. The van der Waals surface area contributed by atoms with Gasteiger partial charge in [-0.15, -0.1) is 6.58 Å². The fourth-order valence-electron chi connectivity index (χ4n) is 6.55. The summed E-state index contributed by atoms with van der Waals surface area (Å²) in [5.41, 5.74) is -1.05. The Morgan fingerprint density at radius 2 is 2.06 bits per heavy atom. The molecule has 4 rings (SSSR count). The van der Waals surface area contributed by atoms with Crippen molar-refractivity contribution in [3.8, 4) is 0 Å². The first kappa shape index (κ1) is 23.2. The molecular weight excluding hydrogens is 412 g/mol. The van der Waals surface area contributed by atoms with E-state index in [-0.39, 0.29) is 31.1 Å². The van der Waals surface area contributed by atoms with Gasteiger partial charge in [-0.05, 0) is 39.5 Å². The van der Waals surface area contributed by atoms with Gasteiger partial charge in [0.25, 0.3) is 0 Å². The van der Waals surface area contributed by atoms with E-state index in [1.165, 1.54) is 11.3 Å². The maximum atomic E-state index is 14.1. The number of carbonyl (C=O) groups is 3. The molecule has 3 aliphatic heterocycles. The summed E-state index contributed by atoms with van der Waals surface area (Å²) in [6.45, 7) is 7.69. The number of ether oxygens (including phenoxy) is 2. The van der Waals surface area contributed by atoms with Gasteiger partial charge in [-0.2, -0.15) is 0 Å². The summed E-state index contributed by atoms with van der Waals surface area (Å²) in [7, 11) is 0. The second-order valence-electron chi connectivity index (χ2n) is 9.66. The number of aliphatic hydroxyl groups excluding tert-OH is 1. The lowest BCUT2D eigenvalue weighted by molar-refractivity contribution is -0.156. The van der Waals surface area contributed by atoms with Crippen molar-refractivity contribution in [3.05, 3.63) is 12.7 Å². The van der Waals surface area contributed by atoms with Crippen LogP contribution in [0.2, 0.25) is 0 Å². The zero-order valence-corrected chi connectivity index (χ0v) is 19.2. The van der Waals surface area contributed by atoms with E-state index >= 15 is 0 Å². The lowest BCUT2D eigenvalue weighted by atomic mass is 9.70. The summed E-state index contributed by atoms with van der Waals surface area (Å²) in [5.74, 6) is -2.33. The smallest absolute Gasteiger partial charge is 0.312 e. The van der Waals surface area contributed by atoms with Crippen molar-refractivity contribution in [3.63, 3.8) is 0 Å². The number of nitrogens with zero attached hydrogens (tertiary/aromatic N) is 2. The van der Waals surface area contributed by atoms with Gasteiger partial charge in [0.1, 0.15) is 11.6 Å². The monoisotopic (exact) mass is 448 g/mol. The Morgan fingerprint density at radius 3 is 2.69 bits per heavy atom. The molecule has 4 aliphatic rings. The molecule has 8 nitrogen and oxygen atoms in total. The van der Waals surface area contributed by atoms with Gasteiger partial charge >= 0.3 is 5.97 Å². The first-order valence-corrected chi connectivity index (χ1v) is 12.1. The molecule has 2 bridgehead atoms. The molecule has 2 amide bonds. The lowest BCUT2D eigenvalue weighted by Gasteiger charge is -2.41. The third-order valence-corrected chi connectivity index (χ3v) is 7.89. The first-order chi connectivity index (χ1) is 15.4. The molecule has 0 aromatic rings. The first-order valence-electron chi connectivity index (χ1n) is 12.1. The molecule has 3 saturated heterocycles. The Kier molecular flexibility index (Phi) is 6.63. The molecule has 8 heteroatoms. The van der Waals surface area contributed by atoms with Crippen LogP contribution in [-0.4, -0.2) is 82.3 Å². The van der Waals surface area contributed by atoms with Crippen LogP contribution in [0.3, 0.4) is 0 Å². The number of carbonyl (C=O) groups excluding carboxylic acids is 3. The van der Waals surface area contributed by atoms with Crippen LogP contribution in [0.5, 0.6) is 0 Å². The van der Waals surface area contributed by atoms with E-state index in [0.29, 0.717) is 19.4 Å². The summed E-state index contributed by atoms with van der Waals surface area (Å²) in [6.07, 6.45) is 7.65. The predicted octanol–water partition coefficient (Wildman–Crippen LogP) is 1.65. The van der Waals surface area contributed by atoms with Gasteiger partial charge < -0.3 is 24.4 Å². The van der Waals surface area contributed by atoms with E-state index in [1.54, 1.807) is 19.9 Å². The van der Waals surface area contributed by atoms with E-state index in [1.807, 2.05) is 4.90 Å². The molecule has 0 aromatic carbocycles. The largest absolute Gasteiger partial charge is 0.466 e. The van der Waals surface area contributed by atoms with Gasteiger partial charge in [-0.25, -0.2) is 0 Å². The van der Waals surface area contributed by atoms with Crippen LogP contribution in [0.25, 0.3) is 0 Å². The quantitative estimate of drug-likeness (QED) is 0.448. The maximum Gasteiger partial charge on any atom is 0.312 e. The summed E-state index contributed by atoms with van der Waals surface area (Å²) < 4.78 is 11.7. The molecule has 1 aliphatic carbocycles. The van der Waals surface area contributed by atoms with Gasteiger partial charge in [-0.1, -0.05) is 25.3 Å². The Bertz CT molecular complexity index is 766. The Labute approximate surface area is 189 Å². The van der Waals surface area contributed by atoms with Crippen molar-refractivity contribution in [2.24, 2.45) is 11.8 Å². The van der Waals surface area contributed by atoms with Crippen LogP contribution in [0, 0.1) is 11.8 Å². The van der Waals surface area contributed by atoms with Crippen LogP contribution >= 0.6 is 0 Å². The highest BCUT2D eigenvalue weighted by molar-refractivity contribution is 5.98. The zero-order chi connectivity index (χ0) is 23.0. The number of esters is 1. The summed E-state index contributed by atoms with van der Waals surface area (Å²) >= 11 is 0. The summed E-state index contributed by atoms with van der Waals surface area (Å²) in [5, 5.41) is 9.93. The highest BCUT2D eigenvalue weighted by Gasteiger charge is 2.75. The average molecular weight is 449 g/mol. The van der Waals surface area contributed by atoms with Gasteiger partial charge in [0, 0.05) is 12.6 Å². The molecule has 1 N–H and O–H groups in total. The summed E-state index contributed by atoms with van der Waals surface area (Å²) in [4.78, 5) is 44.0. The molecule has 0 radical (unpaired) electrons. The minimum absolute atomic E-state index is 0.102. The Morgan fingerprint density at radius 1 is 1.34 bits per heavy atom. The standard InChI is InChI=1S/C24H36N2O6/c1-4-13-25(16-9-7-6-8-10-16)22(29)20-24-12-11-17(32-24)18(23(30)31-5-2)19(24)21(28)26(20)15(3)14-27/h4,15-20,27H,1,5-14H2,2-3H3/t15-,17-,18+,19+,20?,24?/m1/s1. The lowest BCUT2D eigenvalue weighted by Crippen LogP contribution is -2.60. The van der Waals surface area contributed by atoms with E-state index in [4.69, 9.17) is 9.47 Å². The molecule has 4 fully saturated rings. The fourth-order valence-corrected chi connectivity index (χ4v) is 6.55. The third-order valence-electron chi connectivity index (χ3n) is 7.89. The number of hydrogen-bond acceptors (Lipinski definition) is 6. The van der Waals surface area contributed by atoms with Crippen LogP contribution in [0.15, 0.2) is 12.7 Å². The second kappa shape index (κ2) is 9.14. The summed E-state index contributed by atoms with van der Waals surface area (Å²) in [6, 6.07) is -1.31. The van der Waals surface area contributed by atoms with Crippen molar-refractivity contribution < 1.29 is 29.0 Å². The Balaban J connectivity index is 1.73. The van der Waals surface area contributed by atoms with Crippen LogP contribution in [0.4, 0.5) is 0 Å². The maximum absolute atomic E-state index is 14.1. The van der Waals surface area contributed by atoms with Crippen molar-refractivity contribution in [2.75, 3.05) is 19.8 Å². The zero-order valence-electron chi connectivity index (χ0n) is 19.2.